The zero-order valence-electron chi connectivity index (χ0n) is 14.0. The third-order valence-electron chi connectivity index (χ3n) is 5.19. The second-order valence-corrected chi connectivity index (χ2v) is 6.80. The number of aromatic nitrogens is 2. The predicted molar refractivity (Wildman–Crippen MR) is 91.9 cm³/mol. The van der Waals surface area contributed by atoms with E-state index in [-0.39, 0.29) is 12.5 Å². The van der Waals surface area contributed by atoms with E-state index in [1.54, 1.807) is 4.90 Å². The molecule has 6 heteroatoms. The second kappa shape index (κ2) is 6.35. The first kappa shape index (κ1) is 15.9. The fourth-order valence-electron chi connectivity index (χ4n) is 3.90. The Hall–Kier alpha value is -2.63. The van der Waals surface area contributed by atoms with Crippen LogP contribution in [0, 0.1) is 5.92 Å². The van der Waals surface area contributed by atoms with Gasteiger partial charge in [-0.05, 0) is 44.2 Å². The Kier molecular flexibility index (Phi) is 4.03. The van der Waals surface area contributed by atoms with Crippen LogP contribution in [-0.2, 0) is 17.6 Å². The van der Waals surface area contributed by atoms with Crippen LogP contribution < -0.4 is 0 Å². The Morgan fingerprint density at radius 3 is 2.68 bits per heavy atom. The molecule has 2 heterocycles. The number of carbonyl (C=O) groups excluding carboxylic acids is 1. The first-order chi connectivity index (χ1) is 12.1. The standard InChI is InChI=1S/C19H21N3O3/c23-18(21-11-5-6-13(12-21)19(24)25)17-15-9-4-10-16(15)22(20-17)14-7-2-1-3-8-14/h1-3,7-8,13H,4-6,9-12H2,(H,24,25)/t13-/m0/s1. The summed E-state index contributed by atoms with van der Waals surface area (Å²) in [6.07, 6.45) is 4.17. The van der Waals surface area contributed by atoms with Crippen molar-refractivity contribution < 1.29 is 14.7 Å². The van der Waals surface area contributed by atoms with E-state index >= 15 is 0 Å². The van der Waals surface area contributed by atoms with Crippen LogP contribution in [0.4, 0.5) is 0 Å². The van der Waals surface area contributed by atoms with Crippen molar-refractivity contribution in [2.45, 2.75) is 32.1 Å². The molecule has 0 unspecified atom stereocenters. The van der Waals surface area contributed by atoms with E-state index in [0.717, 1.165) is 42.6 Å². The SMILES string of the molecule is O=C(O)[C@H]1CCCN(C(=O)c2nn(-c3ccccc3)c3c2CCC3)C1. The number of rotatable bonds is 3. The van der Waals surface area contributed by atoms with E-state index in [1.807, 2.05) is 35.0 Å². The number of piperidine rings is 1. The quantitative estimate of drug-likeness (QED) is 0.931. The van der Waals surface area contributed by atoms with E-state index in [2.05, 4.69) is 5.10 Å². The van der Waals surface area contributed by atoms with Gasteiger partial charge in [-0.1, -0.05) is 18.2 Å². The van der Waals surface area contributed by atoms with Gasteiger partial charge in [0.25, 0.3) is 5.91 Å². The van der Waals surface area contributed by atoms with Gasteiger partial charge in [0.15, 0.2) is 5.69 Å². The summed E-state index contributed by atoms with van der Waals surface area (Å²) in [7, 11) is 0. The van der Waals surface area contributed by atoms with Gasteiger partial charge in [-0.15, -0.1) is 0 Å². The van der Waals surface area contributed by atoms with Crippen molar-refractivity contribution in [2.24, 2.45) is 5.92 Å². The maximum Gasteiger partial charge on any atom is 0.308 e. The maximum absolute atomic E-state index is 13.0. The highest BCUT2D eigenvalue weighted by atomic mass is 16.4. The van der Waals surface area contributed by atoms with Crippen molar-refractivity contribution >= 4 is 11.9 Å². The van der Waals surface area contributed by atoms with E-state index in [0.29, 0.717) is 18.7 Å². The van der Waals surface area contributed by atoms with Gasteiger partial charge in [0, 0.05) is 24.3 Å². The molecule has 0 radical (unpaired) electrons. The molecule has 6 nitrogen and oxygen atoms in total. The highest BCUT2D eigenvalue weighted by Gasteiger charge is 2.33. The molecule has 2 aromatic rings. The topological polar surface area (TPSA) is 75.4 Å². The van der Waals surface area contributed by atoms with Crippen LogP contribution in [-0.4, -0.2) is 44.8 Å². The lowest BCUT2D eigenvalue weighted by atomic mass is 9.98. The fourth-order valence-corrected chi connectivity index (χ4v) is 3.90. The third kappa shape index (κ3) is 2.81. The molecule has 4 rings (SSSR count). The number of likely N-dealkylation sites (tertiary alicyclic amines) is 1. The number of nitrogens with zero attached hydrogens (tertiary/aromatic N) is 3. The Morgan fingerprint density at radius 2 is 1.92 bits per heavy atom. The number of hydrogen-bond donors (Lipinski definition) is 1. The van der Waals surface area contributed by atoms with Gasteiger partial charge < -0.3 is 10.0 Å². The van der Waals surface area contributed by atoms with Crippen LogP contribution in [0.1, 0.15) is 41.0 Å². The number of aliphatic carboxylic acids is 1. The number of benzene rings is 1. The molecule has 1 aliphatic heterocycles. The van der Waals surface area contributed by atoms with Crippen LogP contribution in [0.2, 0.25) is 0 Å². The van der Waals surface area contributed by atoms with Gasteiger partial charge in [0.2, 0.25) is 0 Å². The third-order valence-corrected chi connectivity index (χ3v) is 5.19. The highest BCUT2D eigenvalue weighted by Crippen LogP contribution is 2.29. The predicted octanol–water partition coefficient (Wildman–Crippen LogP) is 2.30. The molecule has 1 aliphatic carbocycles. The first-order valence-corrected chi connectivity index (χ1v) is 8.83. The van der Waals surface area contributed by atoms with Crippen molar-refractivity contribution in [2.75, 3.05) is 13.1 Å². The van der Waals surface area contributed by atoms with Gasteiger partial charge in [0.05, 0.1) is 11.6 Å². The van der Waals surface area contributed by atoms with Crippen LogP contribution in [0.25, 0.3) is 5.69 Å². The zero-order chi connectivity index (χ0) is 17.4. The molecule has 1 saturated heterocycles. The second-order valence-electron chi connectivity index (χ2n) is 6.80. The summed E-state index contributed by atoms with van der Waals surface area (Å²) in [4.78, 5) is 26.0. The minimum atomic E-state index is -0.822. The molecule has 130 valence electrons. The molecule has 1 aromatic carbocycles. The van der Waals surface area contributed by atoms with Crippen molar-refractivity contribution in [3.05, 3.63) is 47.3 Å². The van der Waals surface area contributed by atoms with Crippen LogP contribution >= 0.6 is 0 Å². The Bertz CT molecular complexity index is 813. The van der Waals surface area contributed by atoms with Crippen molar-refractivity contribution in [1.29, 1.82) is 0 Å². The largest absolute Gasteiger partial charge is 0.481 e. The lowest BCUT2D eigenvalue weighted by molar-refractivity contribution is -0.143. The van der Waals surface area contributed by atoms with Crippen LogP contribution in [0.5, 0.6) is 0 Å². The Balaban J connectivity index is 1.67. The lowest BCUT2D eigenvalue weighted by Crippen LogP contribution is -2.42. The van der Waals surface area contributed by atoms with E-state index < -0.39 is 11.9 Å². The molecule has 1 aromatic heterocycles. The Labute approximate surface area is 146 Å². The van der Waals surface area contributed by atoms with Gasteiger partial charge in [-0.25, -0.2) is 4.68 Å². The molecule has 1 N–H and O–H groups in total. The number of carboxylic acid groups (broad SMARTS) is 1. The zero-order valence-corrected chi connectivity index (χ0v) is 14.0. The van der Waals surface area contributed by atoms with E-state index in [9.17, 15) is 14.7 Å². The maximum atomic E-state index is 13.0. The average Bonchev–Trinajstić information content (AvgIpc) is 3.24. The Morgan fingerprint density at radius 1 is 1.12 bits per heavy atom. The van der Waals surface area contributed by atoms with Gasteiger partial charge in [-0.2, -0.15) is 5.10 Å². The minimum absolute atomic E-state index is 0.126. The molecule has 0 saturated carbocycles. The molecule has 1 atom stereocenters. The minimum Gasteiger partial charge on any atom is -0.481 e. The van der Waals surface area contributed by atoms with Crippen molar-refractivity contribution in [3.8, 4) is 5.69 Å². The number of hydrogen-bond acceptors (Lipinski definition) is 3. The van der Waals surface area contributed by atoms with Crippen molar-refractivity contribution in [1.82, 2.24) is 14.7 Å². The number of para-hydroxylation sites is 1. The number of fused-ring (bicyclic) bond motifs is 1. The number of carbonyl (C=O) groups is 2. The number of amides is 1. The average molecular weight is 339 g/mol. The normalized spacial score (nSPS) is 19.7. The summed E-state index contributed by atoms with van der Waals surface area (Å²) < 4.78 is 1.88. The van der Waals surface area contributed by atoms with E-state index in [4.69, 9.17) is 0 Å². The molecule has 0 bridgehead atoms. The fraction of sp³-hybridized carbons (Fsp3) is 0.421. The summed E-state index contributed by atoms with van der Waals surface area (Å²) in [6.45, 7) is 0.886. The van der Waals surface area contributed by atoms with Gasteiger partial charge in [-0.3, -0.25) is 9.59 Å². The smallest absolute Gasteiger partial charge is 0.308 e. The monoisotopic (exact) mass is 339 g/mol. The number of carboxylic acids is 1. The van der Waals surface area contributed by atoms with E-state index in [1.165, 1.54) is 0 Å². The first-order valence-electron chi connectivity index (χ1n) is 8.83. The molecule has 1 amide bonds. The summed E-state index contributed by atoms with van der Waals surface area (Å²) >= 11 is 0. The molecule has 25 heavy (non-hydrogen) atoms. The van der Waals surface area contributed by atoms with Crippen molar-refractivity contribution in [3.63, 3.8) is 0 Å². The molecule has 2 aliphatic rings. The summed E-state index contributed by atoms with van der Waals surface area (Å²) in [5, 5.41) is 13.9. The van der Waals surface area contributed by atoms with Crippen LogP contribution in [0.15, 0.2) is 30.3 Å². The van der Waals surface area contributed by atoms with Gasteiger partial charge in [0.1, 0.15) is 0 Å². The molecular formula is C19H21N3O3. The van der Waals surface area contributed by atoms with Gasteiger partial charge >= 0.3 is 5.97 Å². The highest BCUT2D eigenvalue weighted by molar-refractivity contribution is 5.94. The summed E-state index contributed by atoms with van der Waals surface area (Å²) in [5.41, 5.74) is 3.61. The summed E-state index contributed by atoms with van der Waals surface area (Å²) in [5.74, 6) is -1.42. The molecule has 1 fully saturated rings. The lowest BCUT2D eigenvalue weighted by Gasteiger charge is -2.30. The van der Waals surface area contributed by atoms with Crippen LogP contribution in [0.3, 0.4) is 0 Å². The molecule has 0 spiro atoms. The molecular weight excluding hydrogens is 318 g/mol. The summed E-state index contributed by atoms with van der Waals surface area (Å²) in [6, 6.07) is 9.85.